The zero-order valence-electron chi connectivity index (χ0n) is 9.84. The van der Waals surface area contributed by atoms with Crippen molar-refractivity contribution in [1.82, 2.24) is 9.97 Å². The zero-order chi connectivity index (χ0) is 12.5. The van der Waals surface area contributed by atoms with Gasteiger partial charge in [0, 0.05) is 18.4 Å². The summed E-state index contributed by atoms with van der Waals surface area (Å²) in [5, 5.41) is 0. The molecule has 0 spiro atoms. The molecule has 0 bridgehead atoms. The van der Waals surface area contributed by atoms with Crippen LogP contribution in [0.3, 0.4) is 0 Å². The van der Waals surface area contributed by atoms with Crippen molar-refractivity contribution in [1.29, 1.82) is 0 Å². The van der Waals surface area contributed by atoms with Gasteiger partial charge in [0.1, 0.15) is 0 Å². The number of nitrogens with two attached hydrogens (primary N) is 1. The Morgan fingerprint density at radius 3 is 2.88 bits per heavy atom. The number of carbonyl (C=O) groups is 1. The first kappa shape index (κ1) is 11.9. The Morgan fingerprint density at radius 2 is 2.29 bits per heavy atom. The molecule has 0 aliphatic carbocycles. The number of aromatic nitrogens is 2. The summed E-state index contributed by atoms with van der Waals surface area (Å²) in [5.74, 6) is 0.0327. The molecule has 0 saturated carbocycles. The molecule has 92 valence electrons. The topological polar surface area (TPSA) is 87.3 Å². The second-order valence-electron chi connectivity index (χ2n) is 4.28. The number of ketones is 1. The predicted octanol–water partition coefficient (Wildman–Crippen LogP) is 0.0317. The second-order valence-corrected chi connectivity index (χ2v) is 4.28. The summed E-state index contributed by atoms with van der Waals surface area (Å²) in [7, 11) is 1.45. The minimum absolute atomic E-state index is 0.188. The first-order valence-electron chi connectivity index (χ1n) is 5.32. The monoisotopic (exact) mass is 237 g/mol. The molecule has 1 fully saturated rings. The third kappa shape index (κ3) is 1.89. The summed E-state index contributed by atoms with van der Waals surface area (Å²) >= 11 is 0. The number of rotatable bonds is 3. The first-order valence-corrected chi connectivity index (χ1v) is 5.32. The molecule has 6 heteroatoms. The quantitative estimate of drug-likeness (QED) is 0.746. The molecular weight excluding hydrogens is 222 g/mol. The van der Waals surface area contributed by atoms with E-state index in [1.165, 1.54) is 19.5 Å². The second kappa shape index (κ2) is 4.38. The van der Waals surface area contributed by atoms with E-state index in [2.05, 4.69) is 9.97 Å². The van der Waals surface area contributed by atoms with Crippen molar-refractivity contribution in [2.24, 2.45) is 11.1 Å². The highest BCUT2D eigenvalue weighted by molar-refractivity contribution is 6.01. The van der Waals surface area contributed by atoms with E-state index in [4.69, 9.17) is 15.2 Å². The summed E-state index contributed by atoms with van der Waals surface area (Å²) in [6.07, 6.45) is 2.93. The van der Waals surface area contributed by atoms with Gasteiger partial charge in [-0.2, -0.15) is 0 Å². The molecule has 0 aromatic carbocycles. The number of carbonyl (C=O) groups excluding carboxylic acids is 1. The fraction of sp³-hybridized carbons (Fsp3) is 0.545. The van der Waals surface area contributed by atoms with Gasteiger partial charge in [0.05, 0.1) is 25.7 Å². The van der Waals surface area contributed by atoms with Crippen LogP contribution in [0.15, 0.2) is 12.4 Å². The van der Waals surface area contributed by atoms with Crippen LogP contribution >= 0.6 is 0 Å². The fourth-order valence-corrected chi connectivity index (χ4v) is 1.82. The lowest BCUT2D eigenvalue weighted by atomic mass is 9.80. The van der Waals surface area contributed by atoms with E-state index in [1.54, 1.807) is 6.92 Å². The molecule has 0 amide bonds. The number of hydrogen-bond acceptors (Lipinski definition) is 6. The lowest BCUT2D eigenvalue weighted by Crippen LogP contribution is -2.44. The number of methoxy groups -OCH3 is 1. The molecule has 1 aliphatic rings. The number of nitrogens with zero attached hydrogens (tertiary/aromatic N) is 2. The van der Waals surface area contributed by atoms with Gasteiger partial charge in [0.25, 0.3) is 0 Å². The minimum atomic E-state index is -0.761. The van der Waals surface area contributed by atoms with Crippen molar-refractivity contribution in [3.8, 4) is 5.88 Å². The van der Waals surface area contributed by atoms with E-state index in [0.717, 1.165) is 0 Å². The molecule has 0 radical (unpaired) electrons. The third-order valence-corrected chi connectivity index (χ3v) is 3.11. The van der Waals surface area contributed by atoms with Crippen LogP contribution in [0.25, 0.3) is 0 Å². The van der Waals surface area contributed by atoms with E-state index >= 15 is 0 Å². The van der Waals surface area contributed by atoms with Crippen molar-refractivity contribution in [3.63, 3.8) is 0 Å². The standard InChI is InChI=1S/C11H15N3O3/c1-11(6-17-5-7(11)12)9(15)8-10(16-2)14-4-3-13-8/h3-4,7H,5-6,12H2,1-2H3. The van der Waals surface area contributed by atoms with Crippen LogP contribution in [-0.2, 0) is 4.74 Å². The van der Waals surface area contributed by atoms with Gasteiger partial charge >= 0.3 is 0 Å². The molecule has 2 unspecified atom stereocenters. The largest absolute Gasteiger partial charge is 0.479 e. The predicted molar refractivity (Wildman–Crippen MR) is 59.8 cm³/mol. The Hall–Kier alpha value is -1.53. The summed E-state index contributed by atoms with van der Waals surface area (Å²) < 4.78 is 10.3. The van der Waals surface area contributed by atoms with Gasteiger partial charge in [-0.3, -0.25) is 4.79 Å². The van der Waals surface area contributed by atoms with Gasteiger partial charge in [-0.15, -0.1) is 0 Å². The lowest BCUT2D eigenvalue weighted by Gasteiger charge is -2.24. The highest BCUT2D eigenvalue weighted by Crippen LogP contribution is 2.32. The van der Waals surface area contributed by atoms with Gasteiger partial charge in [-0.05, 0) is 6.92 Å². The summed E-state index contributed by atoms with van der Waals surface area (Å²) in [5.41, 5.74) is 5.35. The van der Waals surface area contributed by atoms with Crippen LogP contribution in [0.4, 0.5) is 0 Å². The molecule has 2 N–H and O–H groups in total. The molecule has 1 aliphatic heterocycles. The number of Topliss-reactive ketones (excluding diaryl/α,β-unsaturated/α-hetero) is 1. The molecule has 17 heavy (non-hydrogen) atoms. The van der Waals surface area contributed by atoms with E-state index in [0.29, 0.717) is 13.2 Å². The fourth-order valence-electron chi connectivity index (χ4n) is 1.82. The Bertz CT molecular complexity index is 438. The maximum Gasteiger partial charge on any atom is 0.243 e. The normalized spacial score (nSPS) is 28.1. The van der Waals surface area contributed by atoms with E-state index in [-0.39, 0.29) is 23.4 Å². The molecule has 2 rings (SSSR count). The van der Waals surface area contributed by atoms with Gasteiger partial charge in [-0.1, -0.05) is 0 Å². The highest BCUT2D eigenvalue weighted by Gasteiger charge is 2.46. The molecule has 1 aromatic rings. The molecule has 6 nitrogen and oxygen atoms in total. The van der Waals surface area contributed by atoms with E-state index < -0.39 is 5.41 Å². The third-order valence-electron chi connectivity index (χ3n) is 3.11. The van der Waals surface area contributed by atoms with Crippen LogP contribution in [-0.4, -0.2) is 42.1 Å². The molecular formula is C11H15N3O3. The molecule has 1 aromatic heterocycles. The SMILES string of the molecule is COc1nccnc1C(=O)C1(C)COCC1N. The van der Waals surface area contributed by atoms with Gasteiger partial charge in [0.15, 0.2) is 11.5 Å². The lowest BCUT2D eigenvalue weighted by molar-refractivity contribution is 0.0757. The minimum Gasteiger partial charge on any atom is -0.479 e. The number of hydrogen-bond donors (Lipinski definition) is 1. The van der Waals surface area contributed by atoms with Crippen molar-refractivity contribution in [3.05, 3.63) is 18.1 Å². The Morgan fingerprint density at radius 1 is 1.59 bits per heavy atom. The Kier molecular flexibility index (Phi) is 3.08. The van der Waals surface area contributed by atoms with E-state index in [9.17, 15) is 4.79 Å². The van der Waals surface area contributed by atoms with Crippen molar-refractivity contribution in [2.45, 2.75) is 13.0 Å². The van der Waals surface area contributed by atoms with Crippen LogP contribution in [0, 0.1) is 5.41 Å². The Labute approximate surface area is 99.1 Å². The molecule has 1 saturated heterocycles. The van der Waals surface area contributed by atoms with Gasteiger partial charge in [-0.25, -0.2) is 9.97 Å². The van der Waals surface area contributed by atoms with Crippen molar-refractivity contribution < 1.29 is 14.3 Å². The first-order chi connectivity index (χ1) is 8.09. The van der Waals surface area contributed by atoms with Crippen LogP contribution < -0.4 is 10.5 Å². The zero-order valence-corrected chi connectivity index (χ0v) is 9.84. The van der Waals surface area contributed by atoms with Gasteiger partial charge < -0.3 is 15.2 Å². The molecule has 2 heterocycles. The smallest absolute Gasteiger partial charge is 0.243 e. The van der Waals surface area contributed by atoms with Crippen LogP contribution in [0.2, 0.25) is 0 Å². The van der Waals surface area contributed by atoms with Crippen LogP contribution in [0.1, 0.15) is 17.4 Å². The highest BCUT2D eigenvalue weighted by atomic mass is 16.5. The maximum absolute atomic E-state index is 12.4. The average molecular weight is 237 g/mol. The van der Waals surface area contributed by atoms with Crippen molar-refractivity contribution >= 4 is 5.78 Å². The summed E-state index contributed by atoms with van der Waals surface area (Å²) in [4.78, 5) is 20.4. The maximum atomic E-state index is 12.4. The molecule has 2 atom stereocenters. The van der Waals surface area contributed by atoms with E-state index in [1.807, 2.05) is 0 Å². The summed E-state index contributed by atoms with van der Waals surface area (Å²) in [6, 6.07) is -0.332. The van der Waals surface area contributed by atoms with Crippen LogP contribution in [0.5, 0.6) is 5.88 Å². The van der Waals surface area contributed by atoms with Crippen molar-refractivity contribution in [2.75, 3.05) is 20.3 Å². The Balaban J connectivity index is 2.37. The summed E-state index contributed by atoms with van der Waals surface area (Å²) in [6.45, 7) is 2.46. The number of ether oxygens (including phenoxy) is 2. The van der Waals surface area contributed by atoms with Gasteiger partial charge in [0.2, 0.25) is 5.88 Å². The average Bonchev–Trinajstić information content (AvgIpc) is 2.70.